The Kier molecular flexibility index (Phi) is 5.09. The van der Waals surface area contributed by atoms with Crippen LogP contribution in [0.3, 0.4) is 0 Å². The average molecular weight is 297 g/mol. The molecule has 0 bridgehead atoms. The Labute approximate surface area is 132 Å². The molecule has 116 valence electrons. The molecule has 22 heavy (non-hydrogen) atoms. The van der Waals surface area contributed by atoms with E-state index in [1.165, 1.54) is 11.1 Å². The molecule has 0 spiro atoms. The zero-order valence-corrected chi connectivity index (χ0v) is 13.1. The van der Waals surface area contributed by atoms with Gasteiger partial charge in [-0.25, -0.2) is 0 Å². The summed E-state index contributed by atoms with van der Waals surface area (Å²) in [7, 11) is 0. The molecule has 0 aliphatic carbocycles. The van der Waals surface area contributed by atoms with Gasteiger partial charge in [0, 0.05) is 6.54 Å². The van der Waals surface area contributed by atoms with Gasteiger partial charge in [0.25, 0.3) is 0 Å². The number of morpholine rings is 1. The molecule has 1 unspecified atom stereocenters. The van der Waals surface area contributed by atoms with E-state index in [0.717, 1.165) is 31.9 Å². The Balaban J connectivity index is 1.61. The van der Waals surface area contributed by atoms with Crippen LogP contribution in [-0.2, 0) is 11.2 Å². The number of hydrogen-bond donors (Lipinski definition) is 0. The first-order chi connectivity index (χ1) is 10.8. The highest BCUT2D eigenvalue weighted by Gasteiger charge is 2.22. The maximum absolute atomic E-state index is 6.06. The molecular formula is C19H23NO2. The zero-order valence-electron chi connectivity index (χ0n) is 13.1. The van der Waals surface area contributed by atoms with Crippen LogP contribution in [0.5, 0.6) is 5.75 Å². The summed E-state index contributed by atoms with van der Waals surface area (Å²) in [5.41, 5.74) is 2.62. The monoisotopic (exact) mass is 297 g/mol. The predicted molar refractivity (Wildman–Crippen MR) is 88.2 cm³/mol. The lowest BCUT2D eigenvalue weighted by Gasteiger charge is -2.34. The summed E-state index contributed by atoms with van der Waals surface area (Å²) in [5.74, 6) is 0.908. The van der Waals surface area contributed by atoms with Crippen molar-refractivity contribution in [3.63, 3.8) is 0 Å². The van der Waals surface area contributed by atoms with Gasteiger partial charge in [0.15, 0.2) is 6.23 Å². The summed E-state index contributed by atoms with van der Waals surface area (Å²) >= 11 is 0. The summed E-state index contributed by atoms with van der Waals surface area (Å²) in [4.78, 5) is 2.31. The lowest BCUT2D eigenvalue weighted by atomic mass is 10.1. The summed E-state index contributed by atoms with van der Waals surface area (Å²) in [5, 5.41) is 0. The third-order valence-corrected chi connectivity index (χ3v) is 4.04. The Hall–Kier alpha value is -1.84. The van der Waals surface area contributed by atoms with Gasteiger partial charge < -0.3 is 9.47 Å². The van der Waals surface area contributed by atoms with Crippen LogP contribution in [0.4, 0.5) is 0 Å². The molecule has 0 saturated carbocycles. The van der Waals surface area contributed by atoms with Gasteiger partial charge in [-0.15, -0.1) is 0 Å². The fourth-order valence-electron chi connectivity index (χ4n) is 2.76. The van der Waals surface area contributed by atoms with Crippen LogP contribution in [0, 0.1) is 0 Å². The number of hydrogen-bond acceptors (Lipinski definition) is 3. The predicted octanol–water partition coefficient (Wildman–Crippen LogP) is 3.33. The SMILES string of the molecule is CCN1CCOCC1Oc1ccc(Cc2ccccc2)cc1. The molecule has 1 aliphatic rings. The minimum atomic E-state index is 0.0266. The summed E-state index contributed by atoms with van der Waals surface area (Å²) in [6.07, 6.45) is 0.980. The van der Waals surface area contributed by atoms with Gasteiger partial charge in [-0.3, -0.25) is 4.90 Å². The van der Waals surface area contributed by atoms with Crippen LogP contribution in [0.2, 0.25) is 0 Å². The van der Waals surface area contributed by atoms with Crippen molar-refractivity contribution in [2.75, 3.05) is 26.3 Å². The standard InChI is InChI=1S/C19H23NO2/c1-2-20-12-13-21-15-19(20)22-18-10-8-17(9-11-18)14-16-6-4-3-5-7-16/h3-11,19H,2,12-15H2,1H3. The van der Waals surface area contributed by atoms with Crippen molar-refractivity contribution in [2.45, 2.75) is 19.6 Å². The summed E-state index contributed by atoms with van der Waals surface area (Å²) < 4.78 is 11.6. The molecule has 3 heteroatoms. The van der Waals surface area contributed by atoms with Gasteiger partial charge >= 0.3 is 0 Å². The third-order valence-electron chi connectivity index (χ3n) is 4.04. The molecule has 0 radical (unpaired) electrons. The smallest absolute Gasteiger partial charge is 0.176 e. The van der Waals surface area contributed by atoms with Crippen molar-refractivity contribution in [3.8, 4) is 5.75 Å². The summed E-state index contributed by atoms with van der Waals surface area (Å²) in [6.45, 7) is 5.52. The van der Waals surface area contributed by atoms with Crippen LogP contribution in [-0.4, -0.2) is 37.4 Å². The molecule has 1 atom stereocenters. The Morgan fingerprint density at radius 1 is 1.05 bits per heavy atom. The van der Waals surface area contributed by atoms with Gasteiger partial charge in [-0.05, 0) is 36.2 Å². The number of nitrogens with zero attached hydrogens (tertiary/aromatic N) is 1. The van der Waals surface area contributed by atoms with Crippen molar-refractivity contribution in [1.29, 1.82) is 0 Å². The van der Waals surface area contributed by atoms with E-state index >= 15 is 0 Å². The third kappa shape index (κ3) is 3.87. The molecule has 2 aromatic rings. The molecule has 0 amide bonds. The van der Waals surface area contributed by atoms with E-state index in [1.807, 2.05) is 6.07 Å². The highest BCUT2D eigenvalue weighted by Crippen LogP contribution is 2.18. The second kappa shape index (κ2) is 7.43. The first-order valence-electron chi connectivity index (χ1n) is 7.96. The van der Waals surface area contributed by atoms with Crippen molar-refractivity contribution >= 4 is 0 Å². The number of rotatable bonds is 5. The van der Waals surface area contributed by atoms with Crippen LogP contribution >= 0.6 is 0 Å². The van der Waals surface area contributed by atoms with E-state index in [9.17, 15) is 0 Å². The molecule has 1 aliphatic heterocycles. The molecule has 1 fully saturated rings. The lowest BCUT2D eigenvalue weighted by Crippen LogP contribution is -2.48. The van der Waals surface area contributed by atoms with Gasteiger partial charge in [0.05, 0.1) is 13.2 Å². The van der Waals surface area contributed by atoms with Gasteiger partial charge in [-0.2, -0.15) is 0 Å². The first kappa shape index (κ1) is 15.1. The quantitative estimate of drug-likeness (QED) is 0.845. The maximum Gasteiger partial charge on any atom is 0.176 e. The minimum Gasteiger partial charge on any atom is -0.473 e. The van der Waals surface area contributed by atoms with Crippen molar-refractivity contribution in [2.24, 2.45) is 0 Å². The molecule has 2 aromatic carbocycles. The largest absolute Gasteiger partial charge is 0.473 e. The average Bonchev–Trinajstić information content (AvgIpc) is 2.58. The molecule has 0 aromatic heterocycles. The molecule has 3 nitrogen and oxygen atoms in total. The zero-order chi connectivity index (χ0) is 15.2. The number of ether oxygens (including phenoxy) is 2. The first-order valence-corrected chi connectivity index (χ1v) is 7.96. The Bertz CT molecular complexity index is 568. The maximum atomic E-state index is 6.06. The van der Waals surface area contributed by atoms with E-state index < -0.39 is 0 Å². The van der Waals surface area contributed by atoms with Crippen molar-refractivity contribution < 1.29 is 9.47 Å². The van der Waals surface area contributed by atoms with E-state index in [4.69, 9.17) is 9.47 Å². The molecule has 1 heterocycles. The topological polar surface area (TPSA) is 21.7 Å². The minimum absolute atomic E-state index is 0.0266. The molecule has 3 rings (SSSR count). The fraction of sp³-hybridized carbons (Fsp3) is 0.368. The van der Waals surface area contributed by atoms with Crippen molar-refractivity contribution in [1.82, 2.24) is 4.90 Å². The van der Waals surface area contributed by atoms with Crippen LogP contribution in [0.25, 0.3) is 0 Å². The van der Waals surface area contributed by atoms with Gasteiger partial charge in [0.2, 0.25) is 0 Å². The van der Waals surface area contributed by atoms with E-state index in [-0.39, 0.29) is 6.23 Å². The number of likely N-dealkylation sites (N-methyl/N-ethyl adjacent to an activating group) is 1. The highest BCUT2D eigenvalue weighted by atomic mass is 16.6. The highest BCUT2D eigenvalue weighted by molar-refractivity contribution is 5.31. The Morgan fingerprint density at radius 3 is 2.50 bits per heavy atom. The Morgan fingerprint density at radius 2 is 1.77 bits per heavy atom. The molecule has 1 saturated heterocycles. The van der Waals surface area contributed by atoms with Gasteiger partial charge in [0.1, 0.15) is 5.75 Å². The molecular weight excluding hydrogens is 274 g/mol. The second-order valence-corrected chi connectivity index (χ2v) is 5.58. The lowest BCUT2D eigenvalue weighted by molar-refractivity contribution is -0.0888. The van der Waals surface area contributed by atoms with E-state index in [0.29, 0.717) is 6.61 Å². The molecule has 0 N–H and O–H groups in total. The van der Waals surface area contributed by atoms with Crippen LogP contribution in [0.15, 0.2) is 54.6 Å². The second-order valence-electron chi connectivity index (χ2n) is 5.58. The fourth-order valence-corrected chi connectivity index (χ4v) is 2.76. The normalized spacial score (nSPS) is 19.0. The van der Waals surface area contributed by atoms with Crippen LogP contribution < -0.4 is 4.74 Å². The summed E-state index contributed by atoms with van der Waals surface area (Å²) in [6, 6.07) is 18.9. The van der Waals surface area contributed by atoms with E-state index in [1.54, 1.807) is 0 Å². The van der Waals surface area contributed by atoms with E-state index in [2.05, 4.69) is 60.4 Å². The van der Waals surface area contributed by atoms with Crippen LogP contribution in [0.1, 0.15) is 18.1 Å². The van der Waals surface area contributed by atoms with Crippen molar-refractivity contribution in [3.05, 3.63) is 65.7 Å². The van der Waals surface area contributed by atoms with Gasteiger partial charge in [-0.1, -0.05) is 49.4 Å². The number of benzene rings is 2.